The maximum atomic E-state index is 11.3. The second kappa shape index (κ2) is 5.87. The van der Waals surface area contributed by atoms with Gasteiger partial charge in [0, 0.05) is 5.92 Å². The fourth-order valence-corrected chi connectivity index (χ4v) is 3.99. The molecule has 0 spiro atoms. The summed E-state index contributed by atoms with van der Waals surface area (Å²) in [5.41, 5.74) is 12.4. The molecule has 0 aliphatic heterocycles. The molecule has 6 heteroatoms. The minimum atomic E-state index is -0.882. The molecule has 1 aromatic rings. The van der Waals surface area contributed by atoms with E-state index in [-0.39, 0.29) is 5.92 Å². The molecular formula is C16H20N2O4. The van der Waals surface area contributed by atoms with E-state index >= 15 is 0 Å². The number of rotatable bonds is 2. The first kappa shape index (κ1) is 14.7. The van der Waals surface area contributed by atoms with Crippen LogP contribution in [0, 0.1) is 5.92 Å². The molecule has 0 heterocycles. The third-order valence-electron chi connectivity index (χ3n) is 4.74. The Morgan fingerprint density at radius 2 is 1.59 bits per heavy atom. The van der Waals surface area contributed by atoms with Gasteiger partial charge in [0.05, 0.1) is 0 Å². The van der Waals surface area contributed by atoms with E-state index in [4.69, 9.17) is 20.9 Å². The average molecular weight is 304 g/mol. The molecule has 2 aliphatic carbocycles. The molecule has 2 aliphatic rings. The minimum Gasteiger partial charge on any atom is -0.442 e. The van der Waals surface area contributed by atoms with Crippen molar-refractivity contribution in [3.63, 3.8) is 0 Å². The maximum Gasteiger partial charge on any atom is 0.405 e. The van der Waals surface area contributed by atoms with Crippen LogP contribution in [0.2, 0.25) is 0 Å². The van der Waals surface area contributed by atoms with Crippen molar-refractivity contribution in [2.24, 2.45) is 17.4 Å². The summed E-state index contributed by atoms with van der Waals surface area (Å²) in [7, 11) is 0. The molecule has 1 fully saturated rings. The third-order valence-corrected chi connectivity index (χ3v) is 4.74. The van der Waals surface area contributed by atoms with E-state index in [1.165, 1.54) is 0 Å². The zero-order valence-corrected chi connectivity index (χ0v) is 12.2. The molecule has 6 nitrogen and oxygen atoms in total. The van der Waals surface area contributed by atoms with E-state index in [0.717, 1.165) is 36.8 Å². The van der Waals surface area contributed by atoms with E-state index < -0.39 is 24.4 Å². The number of primary amides is 2. The van der Waals surface area contributed by atoms with E-state index in [1.54, 1.807) is 0 Å². The van der Waals surface area contributed by atoms with Crippen molar-refractivity contribution in [3.05, 3.63) is 35.4 Å². The molecule has 0 bridgehead atoms. The van der Waals surface area contributed by atoms with Gasteiger partial charge in [0.2, 0.25) is 0 Å². The summed E-state index contributed by atoms with van der Waals surface area (Å²) in [6.45, 7) is 0. The molecule has 0 aromatic heterocycles. The van der Waals surface area contributed by atoms with E-state index in [1.807, 2.05) is 18.2 Å². The molecule has 22 heavy (non-hydrogen) atoms. The minimum absolute atomic E-state index is 0.0977. The zero-order chi connectivity index (χ0) is 15.7. The summed E-state index contributed by atoms with van der Waals surface area (Å²) < 4.78 is 10.6. The van der Waals surface area contributed by atoms with Crippen LogP contribution in [-0.2, 0) is 9.47 Å². The first-order valence-corrected chi connectivity index (χ1v) is 7.59. The van der Waals surface area contributed by atoms with Crippen LogP contribution in [0.15, 0.2) is 24.3 Å². The van der Waals surface area contributed by atoms with Crippen molar-refractivity contribution >= 4 is 12.2 Å². The van der Waals surface area contributed by atoms with Crippen molar-refractivity contribution in [1.82, 2.24) is 0 Å². The summed E-state index contributed by atoms with van der Waals surface area (Å²) in [5, 5.41) is 0. The highest BCUT2D eigenvalue weighted by atomic mass is 16.6. The van der Waals surface area contributed by atoms with Crippen LogP contribution >= 0.6 is 0 Å². The van der Waals surface area contributed by atoms with Gasteiger partial charge in [-0.3, -0.25) is 0 Å². The zero-order valence-electron chi connectivity index (χ0n) is 12.2. The highest BCUT2D eigenvalue weighted by Gasteiger charge is 2.47. The highest BCUT2D eigenvalue weighted by molar-refractivity contribution is 5.66. The predicted molar refractivity (Wildman–Crippen MR) is 79.0 cm³/mol. The third kappa shape index (κ3) is 2.61. The molecule has 4 atom stereocenters. The maximum absolute atomic E-state index is 11.3. The molecule has 0 unspecified atom stereocenters. The molecular weight excluding hydrogens is 284 g/mol. The molecule has 1 aromatic carbocycles. The largest absolute Gasteiger partial charge is 0.442 e. The van der Waals surface area contributed by atoms with Crippen LogP contribution in [0.1, 0.15) is 48.8 Å². The Morgan fingerprint density at radius 3 is 2.27 bits per heavy atom. The Morgan fingerprint density at radius 1 is 0.955 bits per heavy atom. The number of ether oxygens (including phenoxy) is 2. The van der Waals surface area contributed by atoms with Crippen LogP contribution in [-0.4, -0.2) is 18.3 Å². The standard InChI is InChI=1S/C16H20N2O4/c17-15(19)21-13-11-7-3-1-5-9(11)10-6-2-4-8-12(10)14(13)22-16(18)20/h1,3,5,7,10,12-14H,2,4,6,8H2,(H2,17,19)(H2,18,20)/t10-,12+,13+,14-/m0/s1. The number of hydrogen-bond donors (Lipinski definition) is 2. The smallest absolute Gasteiger partial charge is 0.405 e. The fraction of sp³-hybridized carbons (Fsp3) is 0.500. The van der Waals surface area contributed by atoms with Gasteiger partial charge in [-0.05, 0) is 29.9 Å². The number of carbonyl (C=O) groups is 2. The van der Waals surface area contributed by atoms with Crippen LogP contribution in [0.25, 0.3) is 0 Å². The van der Waals surface area contributed by atoms with Gasteiger partial charge in [-0.15, -0.1) is 0 Å². The Hall–Kier alpha value is -2.24. The van der Waals surface area contributed by atoms with E-state index in [2.05, 4.69) is 6.07 Å². The average Bonchev–Trinajstić information content (AvgIpc) is 2.50. The predicted octanol–water partition coefficient (Wildman–Crippen LogP) is 2.57. The Labute approximate surface area is 128 Å². The lowest BCUT2D eigenvalue weighted by Gasteiger charge is -2.44. The molecule has 1 saturated carbocycles. The van der Waals surface area contributed by atoms with Crippen LogP contribution < -0.4 is 11.5 Å². The molecule has 0 saturated heterocycles. The molecule has 4 N–H and O–H groups in total. The van der Waals surface area contributed by atoms with Gasteiger partial charge in [-0.25, -0.2) is 9.59 Å². The molecule has 118 valence electrons. The lowest BCUT2D eigenvalue weighted by Crippen LogP contribution is -2.44. The Kier molecular flexibility index (Phi) is 3.92. The summed E-state index contributed by atoms with van der Waals surface area (Å²) in [5.74, 6) is 0.391. The summed E-state index contributed by atoms with van der Waals surface area (Å²) in [6.07, 6.45) is 1.13. The monoisotopic (exact) mass is 304 g/mol. The first-order valence-electron chi connectivity index (χ1n) is 7.59. The van der Waals surface area contributed by atoms with E-state index in [9.17, 15) is 9.59 Å². The van der Waals surface area contributed by atoms with Crippen molar-refractivity contribution in [3.8, 4) is 0 Å². The topological polar surface area (TPSA) is 105 Å². The van der Waals surface area contributed by atoms with Gasteiger partial charge in [0.1, 0.15) is 6.10 Å². The van der Waals surface area contributed by atoms with Crippen LogP contribution in [0.3, 0.4) is 0 Å². The summed E-state index contributed by atoms with van der Waals surface area (Å²) in [4.78, 5) is 22.6. The van der Waals surface area contributed by atoms with Gasteiger partial charge < -0.3 is 20.9 Å². The fourth-order valence-electron chi connectivity index (χ4n) is 3.99. The highest BCUT2D eigenvalue weighted by Crippen LogP contribution is 2.50. The molecule has 0 radical (unpaired) electrons. The SMILES string of the molecule is NC(=O)O[C@H]1[C@@H]2CCCC[C@H]2c2ccccc2[C@H]1OC(N)=O. The number of hydrogen-bond acceptors (Lipinski definition) is 4. The summed E-state index contributed by atoms with van der Waals surface area (Å²) in [6, 6.07) is 7.79. The second-order valence-corrected chi connectivity index (χ2v) is 5.94. The number of benzene rings is 1. The Balaban J connectivity index is 2.05. The van der Waals surface area contributed by atoms with Crippen molar-refractivity contribution in [2.75, 3.05) is 0 Å². The lowest BCUT2D eigenvalue weighted by atomic mass is 9.65. The van der Waals surface area contributed by atoms with Crippen LogP contribution in [0.4, 0.5) is 9.59 Å². The molecule has 3 rings (SSSR count). The second-order valence-electron chi connectivity index (χ2n) is 5.94. The number of nitrogens with two attached hydrogens (primary N) is 2. The van der Waals surface area contributed by atoms with Crippen molar-refractivity contribution < 1.29 is 19.1 Å². The normalized spacial score (nSPS) is 29.8. The summed E-state index contributed by atoms with van der Waals surface area (Å²) >= 11 is 0. The lowest BCUT2D eigenvalue weighted by molar-refractivity contribution is -0.0568. The number of amides is 2. The number of fused-ring (bicyclic) bond motifs is 3. The van der Waals surface area contributed by atoms with E-state index in [0.29, 0.717) is 5.92 Å². The van der Waals surface area contributed by atoms with Crippen molar-refractivity contribution in [2.45, 2.75) is 43.8 Å². The van der Waals surface area contributed by atoms with Gasteiger partial charge in [0.25, 0.3) is 0 Å². The van der Waals surface area contributed by atoms with Crippen molar-refractivity contribution in [1.29, 1.82) is 0 Å². The quantitative estimate of drug-likeness (QED) is 0.876. The van der Waals surface area contributed by atoms with Gasteiger partial charge in [0.15, 0.2) is 6.10 Å². The van der Waals surface area contributed by atoms with Gasteiger partial charge >= 0.3 is 12.2 Å². The first-order chi connectivity index (χ1) is 10.6. The Bertz CT molecular complexity index is 589. The number of carbonyl (C=O) groups excluding carboxylic acids is 2. The van der Waals surface area contributed by atoms with Gasteiger partial charge in [-0.2, -0.15) is 0 Å². The van der Waals surface area contributed by atoms with Gasteiger partial charge in [-0.1, -0.05) is 37.1 Å². The van der Waals surface area contributed by atoms with Crippen LogP contribution in [0.5, 0.6) is 0 Å². The molecule has 2 amide bonds.